The van der Waals surface area contributed by atoms with Gasteiger partial charge in [-0.05, 0) is 38.8 Å². The lowest BCUT2D eigenvalue weighted by molar-refractivity contribution is -0.112. The van der Waals surface area contributed by atoms with Crippen molar-refractivity contribution in [1.29, 1.82) is 0 Å². The Kier molecular flexibility index (Phi) is 33.8. The van der Waals surface area contributed by atoms with Gasteiger partial charge in [-0.25, -0.2) is 0 Å². The monoisotopic (exact) mass is 305 g/mol. The van der Waals surface area contributed by atoms with E-state index in [1.54, 1.807) is 0 Å². The fraction of sp³-hybridized carbons (Fsp3) is 0.941. The molecule has 0 saturated heterocycles. The van der Waals surface area contributed by atoms with Gasteiger partial charge in [0.1, 0.15) is 12.9 Å². The van der Waals surface area contributed by atoms with Crippen molar-refractivity contribution in [3.63, 3.8) is 0 Å². The van der Waals surface area contributed by atoms with Crippen LogP contribution in [-0.4, -0.2) is 46.3 Å². The third kappa shape index (κ3) is 38.2. The molecule has 0 aliphatic carbocycles. The second-order valence-corrected chi connectivity index (χ2v) is 4.85. The van der Waals surface area contributed by atoms with E-state index < -0.39 is 0 Å². The van der Waals surface area contributed by atoms with E-state index in [2.05, 4.69) is 26.1 Å². The Morgan fingerprint density at radius 2 is 1.67 bits per heavy atom. The Labute approximate surface area is 133 Å². The Morgan fingerprint density at radius 3 is 2.14 bits per heavy atom. The van der Waals surface area contributed by atoms with E-state index in [1.165, 1.54) is 12.8 Å². The van der Waals surface area contributed by atoms with Crippen molar-refractivity contribution in [3.8, 4) is 0 Å². The predicted molar refractivity (Wildman–Crippen MR) is 92.0 cm³/mol. The summed E-state index contributed by atoms with van der Waals surface area (Å²) in [5.41, 5.74) is 0. The topological polar surface area (TPSA) is 47.6 Å². The van der Waals surface area contributed by atoms with Crippen LogP contribution < -0.4 is 5.32 Å². The summed E-state index contributed by atoms with van der Waals surface area (Å²) in [7, 11) is 2.00. The highest BCUT2D eigenvalue weighted by Gasteiger charge is 1.90. The molecule has 0 fully saturated rings. The van der Waals surface area contributed by atoms with Crippen LogP contribution in [-0.2, 0) is 14.3 Å². The highest BCUT2D eigenvalue weighted by atomic mass is 16.5. The van der Waals surface area contributed by atoms with Crippen molar-refractivity contribution >= 4 is 6.29 Å². The van der Waals surface area contributed by atoms with Crippen molar-refractivity contribution < 1.29 is 14.3 Å². The Morgan fingerprint density at radius 1 is 1.05 bits per heavy atom. The van der Waals surface area contributed by atoms with E-state index in [0.29, 0.717) is 13.2 Å². The van der Waals surface area contributed by atoms with Crippen LogP contribution in [0.4, 0.5) is 0 Å². The van der Waals surface area contributed by atoms with Gasteiger partial charge in [0.15, 0.2) is 0 Å². The predicted octanol–water partition coefficient (Wildman–Crippen LogP) is 3.69. The summed E-state index contributed by atoms with van der Waals surface area (Å²) in [5, 5.41) is 3.12. The Balaban J connectivity index is -0.000000286. The van der Waals surface area contributed by atoms with E-state index in [9.17, 15) is 4.79 Å². The maximum Gasteiger partial charge on any atom is 0.145 e. The molecule has 1 N–H and O–H groups in total. The molecule has 0 aromatic rings. The number of rotatable bonds is 12. The summed E-state index contributed by atoms with van der Waals surface area (Å²) in [4.78, 5) is 9.77. The molecule has 0 unspecified atom stereocenters. The zero-order chi connectivity index (χ0) is 16.8. The number of carbonyl (C=O) groups excluding carboxylic acids is 1. The quantitative estimate of drug-likeness (QED) is 0.441. The highest BCUT2D eigenvalue weighted by molar-refractivity contribution is 5.50. The fourth-order valence-electron chi connectivity index (χ4n) is 1.28. The van der Waals surface area contributed by atoms with Crippen LogP contribution in [0.2, 0.25) is 0 Å². The van der Waals surface area contributed by atoms with Crippen LogP contribution in [0, 0.1) is 5.92 Å². The maximum absolute atomic E-state index is 9.77. The molecular weight excluding hydrogens is 266 g/mol. The van der Waals surface area contributed by atoms with Crippen LogP contribution in [0.15, 0.2) is 0 Å². The Bertz CT molecular complexity index is 164. The minimum atomic E-state index is 0.178. The summed E-state index contributed by atoms with van der Waals surface area (Å²) >= 11 is 0. The number of hydrogen-bond acceptors (Lipinski definition) is 4. The summed E-state index contributed by atoms with van der Waals surface area (Å²) in [6.45, 7) is 13.9. The molecule has 130 valence electrons. The minimum absolute atomic E-state index is 0.178. The molecule has 0 aromatic carbocycles. The molecule has 0 aliphatic heterocycles. The van der Waals surface area contributed by atoms with E-state index in [1.807, 2.05) is 20.9 Å². The van der Waals surface area contributed by atoms with E-state index in [4.69, 9.17) is 9.47 Å². The standard InChI is InChI=1S/C8H16O3.C7H17N.C2H6/c1-2-3-5-10-7-8-11-6-4-9;1-7(2)5-4-6-8-3;1-2/h4H,2-3,5-8H2,1H3;7-8H,4-6H2,1-3H3;1-2H3. The molecule has 0 atom stereocenters. The third-order valence-corrected chi connectivity index (χ3v) is 2.41. The van der Waals surface area contributed by atoms with Crippen LogP contribution in [0.3, 0.4) is 0 Å². The lowest BCUT2D eigenvalue weighted by Gasteiger charge is -2.01. The van der Waals surface area contributed by atoms with Gasteiger partial charge in [0.25, 0.3) is 0 Å². The first kappa shape index (κ1) is 25.5. The molecule has 4 nitrogen and oxygen atoms in total. The van der Waals surface area contributed by atoms with E-state index in [0.717, 1.165) is 38.2 Å². The minimum Gasteiger partial charge on any atom is -0.379 e. The molecule has 0 bridgehead atoms. The third-order valence-electron chi connectivity index (χ3n) is 2.41. The second-order valence-electron chi connectivity index (χ2n) is 4.85. The number of carbonyl (C=O) groups is 1. The number of ether oxygens (including phenoxy) is 2. The van der Waals surface area contributed by atoms with E-state index >= 15 is 0 Å². The molecular formula is C17H39NO3. The molecule has 0 aromatic heterocycles. The molecule has 21 heavy (non-hydrogen) atoms. The maximum atomic E-state index is 9.77. The Hall–Kier alpha value is -0.450. The normalized spacial score (nSPS) is 9.48. The molecule has 4 heteroatoms. The van der Waals surface area contributed by atoms with Crippen molar-refractivity contribution in [2.24, 2.45) is 5.92 Å². The summed E-state index contributed by atoms with van der Waals surface area (Å²) < 4.78 is 10.0. The fourth-order valence-corrected chi connectivity index (χ4v) is 1.28. The van der Waals surface area contributed by atoms with Gasteiger partial charge in [0, 0.05) is 6.61 Å². The summed E-state index contributed by atoms with van der Waals surface area (Å²) in [6, 6.07) is 0. The number of nitrogens with one attached hydrogen (secondary N) is 1. The SMILES string of the molecule is CC.CCCCOCCOCC=O.CNCCCC(C)C. The number of hydrogen-bond donors (Lipinski definition) is 1. The smallest absolute Gasteiger partial charge is 0.145 e. The second kappa shape index (κ2) is 27.8. The first-order chi connectivity index (χ1) is 10.2. The van der Waals surface area contributed by atoms with Crippen molar-refractivity contribution in [3.05, 3.63) is 0 Å². The van der Waals surface area contributed by atoms with Crippen LogP contribution in [0.1, 0.15) is 60.3 Å². The van der Waals surface area contributed by atoms with Crippen LogP contribution in [0.5, 0.6) is 0 Å². The van der Waals surface area contributed by atoms with Crippen molar-refractivity contribution in [2.75, 3.05) is 40.0 Å². The molecule has 0 rings (SSSR count). The van der Waals surface area contributed by atoms with Gasteiger partial charge in [-0.2, -0.15) is 0 Å². The van der Waals surface area contributed by atoms with Gasteiger partial charge < -0.3 is 19.6 Å². The van der Waals surface area contributed by atoms with Crippen LogP contribution in [0.25, 0.3) is 0 Å². The van der Waals surface area contributed by atoms with Crippen molar-refractivity contribution in [2.45, 2.75) is 60.3 Å². The first-order valence-corrected chi connectivity index (χ1v) is 8.42. The number of unbranched alkanes of at least 4 members (excludes halogenated alkanes) is 1. The lowest BCUT2D eigenvalue weighted by Crippen LogP contribution is -2.08. The van der Waals surface area contributed by atoms with Gasteiger partial charge in [0.05, 0.1) is 13.2 Å². The average molecular weight is 306 g/mol. The largest absolute Gasteiger partial charge is 0.379 e. The summed E-state index contributed by atoms with van der Waals surface area (Å²) in [6.07, 6.45) is 5.64. The zero-order valence-electron chi connectivity index (χ0n) is 15.2. The number of aldehydes is 1. The van der Waals surface area contributed by atoms with Gasteiger partial charge in [-0.3, -0.25) is 0 Å². The zero-order valence-corrected chi connectivity index (χ0v) is 15.2. The highest BCUT2D eigenvalue weighted by Crippen LogP contribution is 2.00. The summed E-state index contributed by atoms with van der Waals surface area (Å²) in [5.74, 6) is 0.864. The van der Waals surface area contributed by atoms with E-state index in [-0.39, 0.29) is 6.61 Å². The van der Waals surface area contributed by atoms with Gasteiger partial charge in [0.2, 0.25) is 0 Å². The average Bonchev–Trinajstić information content (AvgIpc) is 2.49. The lowest BCUT2D eigenvalue weighted by atomic mass is 10.1. The van der Waals surface area contributed by atoms with Gasteiger partial charge in [-0.1, -0.05) is 41.0 Å². The molecule has 0 heterocycles. The molecule has 0 spiro atoms. The first-order valence-electron chi connectivity index (χ1n) is 8.42. The van der Waals surface area contributed by atoms with Gasteiger partial charge in [-0.15, -0.1) is 0 Å². The van der Waals surface area contributed by atoms with Crippen LogP contribution >= 0.6 is 0 Å². The van der Waals surface area contributed by atoms with Crippen molar-refractivity contribution in [1.82, 2.24) is 5.32 Å². The molecule has 0 aliphatic rings. The molecule has 0 amide bonds. The molecule has 0 radical (unpaired) electrons. The molecule has 0 saturated carbocycles. The van der Waals surface area contributed by atoms with Gasteiger partial charge >= 0.3 is 0 Å².